The lowest BCUT2D eigenvalue weighted by molar-refractivity contribution is 0.102. The number of nitrogens with one attached hydrogen (secondary N) is 1. The van der Waals surface area contributed by atoms with Crippen molar-refractivity contribution in [1.82, 2.24) is 9.78 Å². The molecule has 0 saturated heterocycles. The minimum Gasteiger partial charge on any atom is -0.321 e. The van der Waals surface area contributed by atoms with Gasteiger partial charge in [-0.15, -0.1) is 0 Å². The molecule has 1 heterocycles. The summed E-state index contributed by atoms with van der Waals surface area (Å²) in [5.41, 5.74) is 1.19. The zero-order valence-corrected chi connectivity index (χ0v) is 16.0. The number of carbonyl (C=O) groups excluding carboxylic acids is 1. The number of aryl methyl sites for hydroxylation is 1. The highest BCUT2D eigenvalue weighted by Gasteiger charge is 2.20. The Labute approximate surface area is 168 Å². The predicted octanol–water partition coefficient (Wildman–Crippen LogP) is 5.59. The lowest BCUT2D eigenvalue weighted by atomic mass is 10.0. The Kier molecular flexibility index (Phi) is 5.96. The van der Waals surface area contributed by atoms with Crippen molar-refractivity contribution >= 4 is 34.8 Å². The van der Waals surface area contributed by atoms with E-state index in [0.29, 0.717) is 16.1 Å². The predicted molar refractivity (Wildman–Crippen MR) is 103 cm³/mol. The van der Waals surface area contributed by atoms with E-state index in [1.165, 1.54) is 36.1 Å². The van der Waals surface area contributed by atoms with Crippen LogP contribution in [0.15, 0.2) is 42.6 Å². The maximum absolute atomic E-state index is 13.8. The first-order valence-corrected chi connectivity index (χ1v) is 8.87. The smallest absolute Gasteiger partial charge is 0.259 e. The molecule has 2 aromatic carbocycles. The van der Waals surface area contributed by atoms with Crippen LogP contribution in [-0.4, -0.2) is 22.1 Å². The summed E-state index contributed by atoms with van der Waals surface area (Å²) in [6.45, 7) is 0. The summed E-state index contributed by atoms with van der Waals surface area (Å²) in [7, 11) is 1.53. The highest BCUT2D eigenvalue weighted by Crippen LogP contribution is 2.33. The third-order valence-electron chi connectivity index (χ3n) is 3.96. The maximum Gasteiger partial charge on any atom is 0.259 e. The normalized spacial score (nSPS) is 11.1. The van der Waals surface area contributed by atoms with Gasteiger partial charge in [0, 0.05) is 24.5 Å². The molecule has 0 spiro atoms. The van der Waals surface area contributed by atoms with Crippen LogP contribution in [0.2, 0.25) is 10.0 Å². The topological polar surface area (TPSA) is 46.9 Å². The van der Waals surface area contributed by atoms with Crippen LogP contribution in [-0.2, 0) is 13.5 Å². The van der Waals surface area contributed by atoms with Crippen molar-refractivity contribution in [3.63, 3.8) is 0 Å². The van der Waals surface area contributed by atoms with Crippen LogP contribution in [0.4, 0.5) is 18.9 Å². The molecule has 1 N–H and O–H groups in total. The van der Waals surface area contributed by atoms with E-state index >= 15 is 0 Å². The van der Waals surface area contributed by atoms with E-state index in [4.69, 9.17) is 23.2 Å². The number of amides is 1. The number of hydrogen-bond donors (Lipinski definition) is 1. The summed E-state index contributed by atoms with van der Waals surface area (Å²) < 4.78 is 40.6. The van der Waals surface area contributed by atoms with Gasteiger partial charge in [0.2, 0.25) is 6.43 Å². The summed E-state index contributed by atoms with van der Waals surface area (Å²) in [5, 5.41) is 7.15. The van der Waals surface area contributed by atoms with E-state index in [-0.39, 0.29) is 22.0 Å². The van der Waals surface area contributed by atoms with Crippen molar-refractivity contribution in [2.75, 3.05) is 5.32 Å². The van der Waals surface area contributed by atoms with E-state index in [2.05, 4.69) is 10.4 Å². The minimum absolute atomic E-state index is 0.0202. The van der Waals surface area contributed by atoms with Gasteiger partial charge in [0.1, 0.15) is 5.82 Å². The first-order chi connectivity index (χ1) is 13.2. The summed E-state index contributed by atoms with van der Waals surface area (Å²) in [5.74, 6) is -1.14. The monoisotopic (exact) mass is 427 g/mol. The third-order valence-corrected chi connectivity index (χ3v) is 4.70. The van der Waals surface area contributed by atoms with Crippen LogP contribution in [0.3, 0.4) is 0 Å². The van der Waals surface area contributed by atoms with Crippen molar-refractivity contribution in [3.05, 3.63) is 69.7 Å². The Morgan fingerprint density at radius 3 is 2.61 bits per heavy atom. The fourth-order valence-corrected chi connectivity index (χ4v) is 3.04. The van der Waals surface area contributed by atoms with E-state index in [9.17, 15) is 18.0 Å². The lowest BCUT2D eigenvalue weighted by Gasteiger charge is -2.12. The molecule has 4 nitrogen and oxygen atoms in total. The fraction of sp³-hybridized carbons (Fsp3) is 0.158. The molecule has 3 aromatic rings. The van der Waals surface area contributed by atoms with Gasteiger partial charge in [-0.1, -0.05) is 29.3 Å². The number of hydrogen-bond acceptors (Lipinski definition) is 2. The van der Waals surface area contributed by atoms with Crippen LogP contribution in [0, 0.1) is 5.82 Å². The zero-order valence-electron chi connectivity index (χ0n) is 14.5. The average Bonchev–Trinajstić information content (AvgIpc) is 2.98. The van der Waals surface area contributed by atoms with Crippen LogP contribution in [0.5, 0.6) is 0 Å². The summed E-state index contributed by atoms with van der Waals surface area (Å²) in [6, 6.07) is 8.52. The summed E-state index contributed by atoms with van der Waals surface area (Å²) in [6.07, 6.45) is -1.93. The van der Waals surface area contributed by atoms with E-state index in [1.807, 2.05) is 0 Å². The molecule has 9 heteroatoms. The van der Waals surface area contributed by atoms with Gasteiger partial charge >= 0.3 is 0 Å². The molecule has 0 radical (unpaired) electrons. The number of aromatic nitrogens is 2. The molecule has 0 aliphatic rings. The average molecular weight is 428 g/mol. The van der Waals surface area contributed by atoms with Crippen LogP contribution in [0.1, 0.15) is 16.1 Å². The second-order valence-corrected chi connectivity index (χ2v) is 6.85. The molecule has 1 amide bonds. The zero-order chi connectivity index (χ0) is 20.4. The molecular formula is C19H14Cl2F3N3O. The van der Waals surface area contributed by atoms with E-state index < -0.39 is 24.6 Å². The first-order valence-electron chi connectivity index (χ1n) is 8.11. The molecule has 0 fully saturated rings. The van der Waals surface area contributed by atoms with Gasteiger partial charge in [-0.3, -0.25) is 9.48 Å². The maximum atomic E-state index is 13.8. The Hall–Kier alpha value is -2.51. The quantitative estimate of drug-likeness (QED) is 0.576. The second-order valence-electron chi connectivity index (χ2n) is 6.03. The SMILES string of the molecule is Cn1cc(C(=O)Nc2ccc(F)cc2-c2ccc(Cl)c(Cl)c2)c(CC(F)F)n1. The molecule has 146 valence electrons. The molecule has 28 heavy (non-hydrogen) atoms. The number of carbonyl (C=O) groups is 1. The number of rotatable bonds is 5. The minimum atomic E-state index is -2.64. The molecular weight excluding hydrogens is 414 g/mol. The molecule has 1 aromatic heterocycles. The Morgan fingerprint density at radius 1 is 1.18 bits per heavy atom. The van der Waals surface area contributed by atoms with Crippen molar-refractivity contribution in [2.24, 2.45) is 7.05 Å². The Balaban J connectivity index is 1.97. The van der Waals surface area contributed by atoms with Crippen molar-refractivity contribution in [2.45, 2.75) is 12.8 Å². The molecule has 0 unspecified atom stereocenters. The number of halogens is 5. The Morgan fingerprint density at radius 2 is 1.93 bits per heavy atom. The van der Waals surface area contributed by atoms with Gasteiger partial charge in [-0.25, -0.2) is 13.2 Å². The third kappa shape index (κ3) is 4.48. The molecule has 0 aliphatic heterocycles. The van der Waals surface area contributed by atoms with Crippen LogP contribution < -0.4 is 5.32 Å². The van der Waals surface area contributed by atoms with Gasteiger partial charge in [0.15, 0.2) is 0 Å². The number of nitrogens with zero attached hydrogens (tertiary/aromatic N) is 2. The van der Waals surface area contributed by atoms with Crippen molar-refractivity contribution in [1.29, 1.82) is 0 Å². The van der Waals surface area contributed by atoms with Gasteiger partial charge in [0.25, 0.3) is 5.91 Å². The van der Waals surface area contributed by atoms with Crippen molar-refractivity contribution < 1.29 is 18.0 Å². The van der Waals surface area contributed by atoms with Gasteiger partial charge in [-0.2, -0.15) is 5.10 Å². The molecule has 0 saturated carbocycles. The molecule has 0 aliphatic carbocycles. The van der Waals surface area contributed by atoms with E-state index in [0.717, 1.165) is 0 Å². The van der Waals surface area contributed by atoms with Gasteiger partial charge in [0.05, 0.1) is 27.7 Å². The molecule has 0 atom stereocenters. The van der Waals surface area contributed by atoms with E-state index in [1.54, 1.807) is 18.2 Å². The highest BCUT2D eigenvalue weighted by atomic mass is 35.5. The largest absolute Gasteiger partial charge is 0.321 e. The molecule has 0 bridgehead atoms. The first kappa shape index (κ1) is 20.2. The van der Waals surface area contributed by atoms with Gasteiger partial charge < -0.3 is 5.32 Å². The van der Waals surface area contributed by atoms with Crippen molar-refractivity contribution in [3.8, 4) is 11.1 Å². The molecule has 3 rings (SSSR count). The standard InChI is InChI=1S/C19H14Cl2F3N3O/c1-27-9-13(17(26-27)8-18(23)24)19(28)25-16-5-3-11(22)7-12(16)10-2-4-14(20)15(21)6-10/h2-7,9,18H,8H2,1H3,(H,25,28). The van der Waals surface area contributed by atoms with Crippen LogP contribution >= 0.6 is 23.2 Å². The van der Waals surface area contributed by atoms with Gasteiger partial charge in [-0.05, 0) is 35.9 Å². The second kappa shape index (κ2) is 8.24. The summed E-state index contributed by atoms with van der Waals surface area (Å²) in [4.78, 5) is 12.7. The summed E-state index contributed by atoms with van der Waals surface area (Å²) >= 11 is 12.0. The number of benzene rings is 2. The fourth-order valence-electron chi connectivity index (χ4n) is 2.74. The lowest BCUT2D eigenvalue weighted by Crippen LogP contribution is -2.15. The van der Waals surface area contributed by atoms with Crippen LogP contribution in [0.25, 0.3) is 11.1 Å². The Bertz CT molecular complexity index is 1040. The number of alkyl halides is 2. The highest BCUT2D eigenvalue weighted by molar-refractivity contribution is 6.42. The number of anilines is 1.